The van der Waals surface area contributed by atoms with Gasteiger partial charge in [-0.2, -0.15) is 4.31 Å². The maximum Gasteiger partial charge on any atom is 0.246 e. The lowest BCUT2D eigenvalue weighted by atomic mass is 10.2. The molecule has 0 atom stereocenters. The molecule has 0 amide bonds. The molecule has 0 radical (unpaired) electrons. The molecule has 1 saturated heterocycles. The molecule has 8 heteroatoms. The van der Waals surface area contributed by atoms with E-state index in [1.165, 1.54) is 24.6 Å². The van der Waals surface area contributed by atoms with Gasteiger partial charge in [0.25, 0.3) is 0 Å². The van der Waals surface area contributed by atoms with E-state index in [1.54, 1.807) is 12.1 Å². The Hall–Kier alpha value is -1.80. The van der Waals surface area contributed by atoms with E-state index >= 15 is 0 Å². The Balaban J connectivity index is 1.69. The zero-order chi connectivity index (χ0) is 19.4. The predicted octanol–water partition coefficient (Wildman–Crippen LogP) is 2.86. The van der Waals surface area contributed by atoms with Crippen LogP contribution in [0.3, 0.4) is 0 Å². The minimum absolute atomic E-state index is 0.161. The van der Waals surface area contributed by atoms with Crippen molar-refractivity contribution < 1.29 is 17.9 Å². The van der Waals surface area contributed by atoms with Crippen LogP contribution in [0, 0.1) is 0 Å². The minimum atomic E-state index is -3.63. The van der Waals surface area contributed by atoms with Crippen LogP contribution in [0.5, 0.6) is 11.5 Å². The molecule has 0 aromatic heterocycles. The van der Waals surface area contributed by atoms with Gasteiger partial charge in [-0.25, -0.2) is 8.42 Å². The van der Waals surface area contributed by atoms with Gasteiger partial charge in [-0.05, 0) is 29.8 Å². The first kappa shape index (κ1) is 19.9. The second-order valence-electron chi connectivity index (χ2n) is 6.33. The molecule has 1 fully saturated rings. The van der Waals surface area contributed by atoms with Crippen molar-refractivity contribution in [3.8, 4) is 11.5 Å². The number of benzene rings is 2. The summed E-state index contributed by atoms with van der Waals surface area (Å²) in [5.74, 6) is 0.841. The third-order valence-corrected chi connectivity index (χ3v) is 6.79. The van der Waals surface area contributed by atoms with Crippen molar-refractivity contribution >= 4 is 21.6 Å². The second-order valence-corrected chi connectivity index (χ2v) is 8.67. The van der Waals surface area contributed by atoms with Gasteiger partial charge >= 0.3 is 0 Å². The Bertz CT molecular complexity index is 896. The van der Waals surface area contributed by atoms with E-state index in [4.69, 9.17) is 21.1 Å². The Labute approximate surface area is 165 Å². The number of rotatable bonds is 6. The summed E-state index contributed by atoms with van der Waals surface area (Å²) in [5, 5.41) is 0.709. The third kappa shape index (κ3) is 4.55. The summed E-state index contributed by atoms with van der Waals surface area (Å²) in [6.07, 6.45) is 0. The van der Waals surface area contributed by atoms with Crippen molar-refractivity contribution in [1.82, 2.24) is 9.21 Å². The lowest BCUT2D eigenvalue weighted by Gasteiger charge is -2.34. The highest BCUT2D eigenvalue weighted by atomic mass is 35.5. The van der Waals surface area contributed by atoms with Crippen molar-refractivity contribution in [2.45, 2.75) is 11.4 Å². The fraction of sp³-hybridized carbons (Fsp3) is 0.368. The van der Waals surface area contributed by atoms with E-state index in [9.17, 15) is 8.42 Å². The Morgan fingerprint density at radius 2 is 1.74 bits per heavy atom. The van der Waals surface area contributed by atoms with Crippen molar-refractivity contribution in [2.75, 3.05) is 40.4 Å². The molecule has 2 aromatic rings. The van der Waals surface area contributed by atoms with Gasteiger partial charge in [0, 0.05) is 43.8 Å². The SMILES string of the molecule is COc1ccc(S(=O)(=O)N2CCN(Cc3cccc(Cl)c3)CC2)c(OC)c1. The zero-order valence-corrected chi connectivity index (χ0v) is 17.0. The Morgan fingerprint density at radius 3 is 2.37 bits per heavy atom. The van der Waals surface area contributed by atoms with Crippen LogP contribution in [-0.4, -0.2) is 58.0 Å². The van der Waals surface area contributed by atoms with Gasteiger partial charge in [0.05, 0.1) is 14.2 Å². The summed E-state index contributed by atoms with van der Waals surface area (Å²) < 4.78 is 38.0. The number of nitrogens with zero attached hydrogens (tertiary/aromatic N) is 2. The van der Waals surface area contributed by atoms with Crippen LogP contribution in [0.4, 0.5) is 0 Å². The van der Waals surface area contributed by atoms with E-state index in [1.807, 2.05) is 24.3 Å². The quantitative estimate of drug-likeness (QED) is 0.732. The van der Waals surface area contributed by atoms with Crippen LogP contribution in [0.15, 0.2) is 47.4 Å². The molecule has 0 N–H and O–H groups in total. The van der Waals surface area contributed by atoms with Gasteiger partial charge in [0.15, 0.2) is 0 Å². The first-order valence-electron chi connectivity index (χ1n) is 8.63. The average Bonchev–Trinajstić information content (AvgIpc) is 2.68. The molecular formula is C19H23ClN2O4S. The third-order valence-electron chi connectivity index (χ3n) is 4.62. The number of piperazine rings is 1. The summed E-state index contributed by atoms with van der Waals surface area (Å²) in [6.45, 7) is 2.92. The summed E-state index contributed by atoms with van der Waals surface area (Å²) in [4.78, 5) is 2.39. The monoisotopic (exact) mass is 410 g/mol. The summed E-state index contributed by atoms with van der Waals surface area (Å²) in [5.41, 5.74) is 1.12. The maximum absolute atomic E-state index is 13.0. The highest BCUT2D eigenvalue weighted by molar-refractivity contribution is 7.89. The highest BCUT2D eigenvalue weighted by Crippen LogP contribution is 2.31. The summed E-state index contributed by atoms with van der Waals surface area (Å²) >= 11 is 6.04. The van der Waals surface area contributed by atoms with E-state index in [0.29, 0.717) is 37.0 Å². The number of hydrogen-bond donors (Lipinski definition) is 0. The average molecular weight is 411 g/mol. The molecule has 0 aliphatic carbocycles. The fourth-order valence-corrected chi connectivity index (χ4v) is 4.92. The Kier molecular flexibility index (Phi) is 6.26. The lowest BCUT2D eigenvalue weighted by molar-refractivity contribution is 0.181. The molecule has 146 valence electrons. The van der Waals surface area contributed by atoms with Crippen LogP contribution in [0.1, 0.15) is 5.56 Å². The van der Waals surface area contributed by atoms with Crippen LogP contribution >= 0.6 is 11.6 Å². The van der Waals surface area contributed by atoms with Crippen molar-refractivity contribution in [2.24, 2.45) is 0 Å². The molecule has 0 unspecified atom stereocenters. The second kappa shape index (κ2) is 8.48. The first-order valence-corrected chi connectivity index (χ1v) is 10.4. The smallest absolute Gasteiger partial charge is 0.246 e. The molecule has 6 nitrogen and oxygen atoms in total. The minimum Gasteiger partial charge on any atom is -0.497 e. The van der Waals surface area contributed by atoms with E-state index in [-0.39, 0.29) is 10.6 Å². The number of sulfonamides is 1. The highest BCUT2D eigenvalue weighted by Gasteiger charge is 2.31. The number of methoxy groups -OCH3 is 2. The molecule has 1 aliphatic heterocycles. The van der Waals surface area contributed by atoms with Gasteiger partial charge in [-0.3, -0.25) is 4.90 Å². The Morgan fingerprint density at radius 1 is 1.00 bits per heavy atom. The van der Waals surface area contributed by atoms with Crippen LogP contribution in [-0.2, 0) is 16.6 Å². The summed E-state index contributed by atoms with van der Waals surface area (Å²) in [6, 6.07) is 12.5. The van der Waals surface area contributed by atoms with Gasteiger partial charge in [-0.15, -0.1) is 0 Å². The maximum atomic E-state index is 13.0. The summed E-state index contributed by atoms with van der Waals surface area (Å²) in [7, 11) is -0.643. The van der Waals surface area contributed by atoms with Gasteiger partial charge in [-0.1, -0.05) is 23.7 Å². The first-order chi connectivity index (χ1) is 12.9. The van der Waals surface area contributed by atoms with Gasteiger partial charge < -0.3 is 9.47 Å². The topological polar surface area (TPSA) is 59.1 Å². The molecule has 1 heterocycles. The van der Waals surface area contributed by atoms with E-state index in [0.717, 1.165) is 12.1 Å². The molecule has 0 saturated carbocycles. The molecular weight excluding hydrogens is 388 g/mol. The van der Waals surface area contributed by atoms with Crippen molar-refractivity contribution in [3.63, 3.8) is 0 Å². The molecule has 0 spiro atoms. The largest absolute Gasteiger partial charge is 0.497 e. The predicted molar refractivity (Wildman–Crippen MR) is 105 cm³/mol. The fourth-order valence-electron chi connectivity index (χ4n) is 3.15. The van der Waals surface area contributed by atoms with Crippen LogP contribution < -0.4 is 9.47 Å². The molecule has 27 heavy (non-hydrogen) atoms. The van der Waals surface area contributed by atoms with Crippen molar-refractivity contribution in [1.29, 1.82) is 0 Å². The standard InChI is InChI=1S/C19H23ClN2O4S/c1-25-17-6-7-19(18(13-17)26-2)27(23,24)22-10-8-21(9-11-22)14-15-4-3-5-16(20)12-15/h3-7,12-13H,8-11,14H2,1-2H3. The molecule has 1 aliphatic rings. The van der Waals surface area contributed by atoms with Crippen LogP contribution in [0.2, 0.25) is 5.02 Å². The van der Waals surface area contributed by atoms with Crippen LogP contribution in [0.25, 0.3) is 0 Å². The number of hydrogen-bond acceptors (Lipinski definition) is 5. The van der Waals surface area contributed by atoms with Gasteiger partial charge in [0.1, 0.15) is 16.4 Å². The van der Waals surface area contributed by atoms with Gasteiger partial charge in [0.2, 0.25) is 10.0 Å². The normalized spacial score (nSPS) is 16.3. The lowest BCUT2D eigenvalue weighted by Crippen LogP contribution is -2.48. The number of halogens is 1. The molecule has 2 aromatic carbocycles. The van der Waals surface area contributed by atoms with E-state index in [2.05, 4.69) is 4.90 Å². The van der Waals surface area contributed by atoms with Crippen molar-refractivity contribution in [3.05, 3.63) is 53.1 Å². The van der Waals surface area contributed by atoms with E-state index < -0.39 is 10.0 Å². The molecule has 0 bridgehead atoms. The zero-order valence-electron chi connectivity index (χ0n) is 15.4. The molecule has 3 rings (SSSR count). The number of ether oxygens (including phenoxy) is 2.